The first-order valence-electron chi connectivity index (χ1n) is 7.45. The molecule has 2 atom stereocenters. The van der Waals surface area contributed by atoms with Gasteiger partial charge in [-0.3, -0.25) is 9.69 Å². The molecular weight excluding hydrogens is 271 g/mol. The van der Waals surface area contributed by atoms with Gasteiger partial charge in [0.15, 0.2) is 0 Å². The van der Waals surface area contributed by atoms with Gasteiger partial charge in [0.05, 0.1) is 12.7 Å². The molecule has 1 saturated heterocycles. The van der Waals surface area contributed by atoms with E-state index in [1.54, 1.807) is 0 Å². The molecule has 0 spiro atoms. The van der Waals surface area contributed by atoms with Crippen LogP contribution in [-0.4, -0.2) is 43.2 Å². The van der Waals surface area contributed by atoms with Gasteiger partial charge in [-0.1, -0.05) is 19.1 Å². The van der Waals surface area contributed by atoms with Crippen molar-refractivity contribution in [2.45, 2.75) is 32.4 Å². The van der Waals surface area contributed by atoms with Crippen LogP contribution < -0.4 is 5.32 Å². The van der Waals surface area contributed by atoms with E-state index in [-0.39, 0.29) is 23.9 Å². The smallest absolute Gasteiger partial charge is 0.216 e. The van der Waals surface area contributed by atoms with E-state index < -0.39 is 0 Å². The third-order valence-corrected chi connectivity index (χ3v) is 3.83. The van der Waals surface area contributed by atoms with E-state index in [9.17, 15) is 9.18 Å². The minimum absolute atomic E-state index is 0.0112. The van der Waals surface area contributed by atoms with Crippen LogP contribution in [0.15, 0.2) is 24.3 Å². The predicted octanol–water partition coefficient (Wildman–Crippen LogP) is 2.11. The third kappa shape index (κ3) is 4.51. The Balaban J connectivity index is 2.00. The summed E-state index contributed by atoms with van der Waals surface area (Å²) >= 11 is 0. The first-order valence-corrected chi connectivity index (χ1v) is 7.45. The van der Waals surface area contributed by atoms with Crippen LogP contribution in [-0.2, 0) is 9.53 Å². The molecule has 0 aliphatic carbocycles. The molecule has 4 nitrogen and oxygen atoms in total. The largest absolute Gasteiger partial charge is 0.374 e. The summed E-state index contributed by atoms with van der Waals surface area (Å²) in [6.45, 7) is 6.45. The molecule has 21 heavy (non-hydrogen) atoms. The molecule has 1 N–H and O–H groups in total. The first kappa shape index (κ1) is 15.9. The number of carbonyl (C=O) groups excluding carboxylic acids is 1. The molecule has 0 saturated carbocycles. The van der Waals surface area contributed by atoms with E-state index in [4.69, 9.17) is 4.74 Å². The van der Waals surface area contributed by atoms with Crippen LogP contribution in [0.1, 0.15) is 31.9 Å². The van der Waals surface area contributed by atoms with Crippen molar-refractivity contribution in [2.24, 2.45) is 0 Å². The normalized spacial score (nSPS) is 21.0. The Morgan fingerprint density at radius 1 is 1.48 bits per heavy atom. The standard InChI is InChI=1S/C16H23FN2O2/c1-3-16(13-4-6-14(17)7-5-13)19-8-9-21-15(11-19)10-18-12(2)20/h4-7,15-16H,3,8-11H2,1-2H3,(H,18,20). The number of carbonyl (C=O) groups is 1. The number of rotatable bonds is 5. The molecule has 1 heterocycles. The summed E-state index contributed by atoms with van der Waals surface area (Å²) in [6, 6.07) is 6.97. The van der Waals surface area contributed by atoms with Crippen molar-refractivity contribution < 1.29 is 13.9 Å². The van der Waals surface area contributed by atoms with E-state index in [2.05, 4.69) is 17.1 Å². The molecule has 0 bridgehead atoms. The highest BCUT2D eigenvalue weighted by Crippen LogP contribution is 2.26. The summed E-state index contributed by atoms with van der Waals surface area (Å²) in [5.74, 6) is -0.250. The van der Waals surface area contributed by atoms with E-state index in [1.165, 1.54) is 19.1 Å². The molecule has 1 fully saturated rings. The maximum atomic E-state index is 13.1. The second kappa shape index (κ2) is 7.52. The summed E-state index contributed by atoms with van der Waals surface area (Å²) < 4.78 is 18.8. The fourth-order valence-electron chi connectivity index (χ4n) is 2.80. The maximum absolute atomic E-state index is 13.1. The number of hydrogen-bond donors (Lipinski definition) is 1. The van der Waals surface area contributed by atoms with Crippen molar-refractivity contribution in [3.63, 3.8) is 0 Å². The molecule has 2 unspecified atom stereocenters. The second-order valence-electron chi connectivity index (χ2n) is 5.40. The highest BCUT2D eigenvalue weighted by Gasteiger charge is 2.26. The lowest BCUT2D eigenvalue weighted by atomic mass is 10.0. The van der Waals surface area contributed by atoms with Gasteiger partial charge in [-0.25, -0.2) is 4.39 Å². The molecule has 1 aromatic rings. The van der Waals surface area contributed by atoms with Gasteiger partial charge in [-0.15, -0.1) is 0 Å². The Morgan fingerprint density at radius 2 is 2.19 bits per heavy atom. The minimum atomic E-state index is -0.209. The van der Waals surface area contributed by atoms with Gasteiger partial charge in [0.25, 0.3) is 0 Å². The predicted molar refractivity (Wildman–Crippen MR) is 79.4 cm³/mol. The topological polar surface area (TPSA) is 41.6 Å². The highest BCUT2D eigenvalue weighted by molar-refractivity contribution is 5.72. The zero-order valence-electron chi connectivity index (χ0n) is 12.6. The summed E-state index contributed by atoms with van der Waals surface area (Å²) in [6.07, 6.45) is 0.968. The number of halogens is 1. The fourth-order valence-corrected chi connectivity index (χ4v) is 2.80. The van der Waals surface area contributed by atoms with Crippen molar-refractivity contribution in [1.29, 1.82) is 0 Å². The van der Waals surface area contributed by atoms with Gasteiger partial charge in [-0.05, 0) is 24.1 Å². The Bertz CT molecular complexity index is 464. The molecule has 0 radical (unpaired) electrons. The second-order valence-corrected chi connectivity index (χ2v) is 5.40. The summed E-state index contributed by atoms with van der Waals surface area (Å²) in [5.41, 5.74) is 1.12. The molecule has 1 aliphatic heterocycles. The number of morpholine rings is 1. The lowest BCUT2D eigenvalue weighted by Crippen LogP contribution is -2.48. The highest BCUT2D eigenvalue weighted by atomic mass is 19.1. The van der Waals surface area contributed by atoms with E-state index >= 15 is 0 Å². The molecule has 5 heteroatoms. The number of ether oxygens (including phenoxy) is 1. The first-order chi connectivity index (χ1) is 10.1. The molecule has 2 rings (SSSR count). The fraction of sp³-hybridized carbons (Fsp3) is 0.562. The zero-order valence-corrected chi connectivity index (χ0v) is 12.6. The number of amides is 1. The lowest BCUT2D eigenvalue weighted by Gasteiger charge is -2.38. The number of hydrogen-bond acceptors (Lipinski definition) is 3. The van der Waals surface area contributed by atoms with E-state index in [1.807, 2.05) is 12.1 Å². The number of benzene rings is 1. The van der Waals surface area contributed by atoms with Gasteiger partial charge in [0.2, 0.25) is 5.91 Å². The zero-order chi connectivity index (χ0) is 15.2. The van der Waals surface area contributed by atoms with Crippen LogP contribution in [0, 0.1) is 5.82 Å². The molecule has 0 aromatic heterocycles. The van der Waals surface area contributed by atoms with Gasteiger partial charge < -0.3 is 10.1 Å². The molecule has 1 aromatic carbocycles. The Kier molecular flexibility index (Phi) is 5.70. The van der Waals surface area contributed by atoms with Gasteiger partial charge >= 0.3 is 0 Å². The van der Waals surface area contributed by atoms with Crippen molar-refractivity contribution >= 4 is 5.91 Å². The molecular formula is C16H23FN2O2. The van der Waals surface area contributed by atoms with Crippen LogP contribution in [0.4, 0.5) is 4.39 Å². The average Bonchev–Trinajstić information content (AvgIpc) is 2.48. The SMILES string of the molecule is CCC(c1ccc(F)cc1)N1CCOC(CNC(C)=O)C1. The Hall–Kier alpha value is -1.46. The minimum Gasteiger partial charge on any atom is -0.374 e. The van der Waals surface area contributed by atoms with Crippen LogP contribution in [0.25, 0.3) is 0 Å². The van der Waals surface area contributed by atoms with Crippen molar-refractivity contribution in [1.82, 2.24) is 10.2 Å². The third-order valence-electron chi connectivity index (χ3n) is 3.83. The summed E-state index contributed by atoms with van der Waals surface area (Å²) in [5, 5.41) is 2.80. The maximum Gasteiger partial charge on any atom is 0.216 e. The van der Waals surface area contributed by atoms with Crippen LogP contribution in [0.2, 0.25) is 0 Å². The quantitative estimate of drug-likeness (QED) is 0.904. The monoisotopic (exact) mass is 294 g/mol. The average molecular weight is 294 g/mol. The number of nitrogens with zero attached hydrogens (tertiary/aromatic N) is 1. The van der Waals surface area contributed by atoms with Crippen LogP contribution >= 0.6 is 0 Å². The van der Waals surface area contributed by atoms with Gasteiger partial charge in [-0.2, -0.15) is 0 Å². The number of nitrogens with one attached hydrogen (secondary N) is 1. The molecule has 1 amide bonds. The molecule has 116 valence electrons. The lowest BCUT2D eigenvalue weighted by molar-refractivity contribution is -0.120. The van der Waals surface area contributed by atoms with Crippen LogP contribution in [0.5, 0.6) is 0 Å². The summed E-state index contributed by atoms with van der Waals surface area (Å²) in [7, 11) is 0. The Morgan fingerprint density at radius 3 is 2.81 bits per heavy atom. The van der Waals surface area contributed by atoms with Gasteiger partial charge in [0.1, 0.15) is 5.82 Å². The van der Waals surface area contributed by atoms with E-state index in [0.717, 1.165) is 25.1 Å². The summed E-state index contributed by atoms with van der Waals surface area (Å²) in [4.78, 5) is 13.3. The van der Waals surface area contributed by atoms with Crippen LogP contribution in [0.3, 0.4) is 0 Å². The van der Waals surface area contributed by atoms with Crippen molar-refractivity contribution in [3.05, 3.63) is 35.6 Å². The van der Waals surface area contributed by atoms with E-state index in [0.29, 0.717) is 13.2 Å². The van der Waals surface area contributed by atoms with Crippen molar-refractivity contribution in [2.75, 3.05) is 26.2 Å². The molecule has 1 aliphatic rings. The van der Waals surface area contributed by atoms with Crippen molar-refractivity contribution in [3.8, 4) is 0 Å². The Labute approximate surface area is 125 Å². The van der Waals surface area contributed by atoms with Gasteiger partial charge in [0, 0.05) is 32.6 Å².